The third-order valence-corrected chi connectivity index (χ3v) is 4.98. The van der Waals surface area contributed by atoms with Crippen molar-refractivity contribution in [2.24, 2.45) is 0 Å². The van der Waals surface area contributed by atoms with Crippen molar-refractivity contribution in [3.8, 4) is 0 Å². The molecule has 0 saturated carbocycles. The average molecular weight is 388 g/mol. The molecule has 3 rings (SSSR count). The Morgan fingerprint density at radius 2 is 1.93 bits per heavy atom. The molecule has 1 unspecified atom stereocenters. The number of ether oxygens (including phenoxy) is 1. The first-order valence-corrected chi connectivity index (χ1v) is 9.68. The van der Waals surface area contributed by atoms with Gasteiger partial charge in [0, 0.05) is 48.5 Å². The van der Waals surface area contributed by atoms with Crippen molar-refractivity contribution in [1.82, 2.24) is 10.2 Å². The summed E-state index contributed by atoms with van der Waals surface area (Å²) in [6, 6.07) is 15.3. The molecule has 2 N–H and O–H groups in total. The van der Waals surface area contributed by atoms with E-state index in [-0.39, 0.29) is 5.91 Å². The fourth-order valence-corrected chi connectivity index (χ4v) is 3.26. The molecule has 2 aromatic rings. The standard InChI is InChI=1S/C21H26ClN3O2/c1-16(25-9-11-27-12-10-25)14-23-15-17-3-2-4-20(13-17)24-21(26)18-5-7-19(22)8-6-18/h2-8,13,16,23H,9-12,14-15H2,1H3,(H,24,26). The predicted molar refractivity (Wildman–Crippen MR) is 109 cm³/mol. The van der Waals surface area contributed by atoms with E-state index in [1.807, 2.05) is 18.2 Å². The van der Waals surface area contributed by atoms with Crippen molar-refractivity contribution in [3.05, 3.63) is 64.7 Å². The summed E-state index contributed by atoms with van der Waals surface area (Å²) in [5.74, 6) is -0.141. The Morgan fingerprint density at radius 1 is 1.19 bits per heavy atom. The van der Waals surface area contributed by atoms with Crippen LogP contribution in [0.25, 0.3) is 0 Å². The summed E-state index contributed by atoms with van der Waals surface area (Å²) in [5, 5.41) is 7.06. The number of nitrogens with one attached hydrogen (secondary N) is 2. The molecule has 1 heterocycles. The van der Waals surface area contributed by atoms with Gasteiger partial charge in [-0.3, -0.25) is 9.69 Å². The highest BCUT2D eigenvalue weighted by atomic mass is 35.5. The topological polar surface area (TPSA) is 53.6 Å². The number of halogens is 1. The molecule has 1 aliphatic heterocycles. The highest BCUT2D eigenvalue weighted by Gasteiger charge is 2.16. The van der Waals surface area contributed by atoms with Crippen molar-refractivity contribution in [2.75, 3.05) is 38.2 Å². The van der Waals surface area contributed by atoms with Gasteiger partial charge in [-0.15, -0.1) is 0 Å². The lowest BCUT2D eigenvalue weighted by atomic mass is 10.1. The molecule has 0 bridgehead atoms. The Kier molecular flexibility index (Phi) is 7.24. The van der Waals surface area contributed by atoms with Gasteiger partial charge in [0.1, 0.15) is 0 Å². The Balaban J connectivity index is 1.49. The summed E-state index contributed by atoms with van der Waals surface area (Å²) in [6.07, 6.45) is 0. The van der Waals surface area contributed by atoms with Crippen molar-refractivity contribution in [1.29, 1.82) is 0 Å². The van der Waals surface area contributed by atoms with Crippen LogP contribution in [0.5, 0.6) is 0 Å². The number of benzene rings is 2. The van der Waals surface area contributed by atoms with E-state index in [4.69, 9.17) is 16.3 Å². The van der Waals surface area contributed by atoms with Crippen LogP contribution in [0.4, 0.5) is 5.69 Å². The normalized spacial score (nSPS) is 16.1. The Labute approximate surface area is 165 Å². The summed E-state index contributed by atoms with van der Waals surface area (Å²) < 4.78 is 5.40. The van der Waals surface area contributed by atoms with E-state index in [0.717, 1.165) is 50.6 Å². The lowest BCUT2D eigenvalue weighted by Gasteiger charge is -2.32. The summed E-state index contributed by atoms with van der Waals surface area (Å²) in [7, 11) is 0. The summed E-state index contributed by atoms with van der Waals surface area (Å²) in [4.78, 5) is 14.8. The molecule has 1 aliphatic rings. The third-order valence-electron chi connectivity index (χ3n) is 4.73. The van der Waals surface area contributed by atoms with Crippen LogP contribution in [0, 0.1) is 0 Å². The molecule has 2 aromatic carbocycles. The van der Waals surface area contributed by atoms with Gasteiger partial charge in [0.05, 0.1) is 13.2 Å². The van der Waals surface area contributed by atoms with Crippen LogP contribution in [0.15, 0.2) is 48.5 Å². The Bertz CT molecular complexity index is 745. The van der Waals surface area contributed by atoms with Crippen LogP contribution in [-0.4, -0.2) is 49.7 Å². The number of amides is 1. The third kappa shape index (κ3) is 6.04. The SMILES string of the molecule is CC(CNCc1cccc(NC(=O)c2ccc(Cl)cc2)c1)N1CCOCC1. The quantitative estimate of drug-likeness (QED) is 0.764. The molecule has 1 atom stereocenters. The number of morpholine rings is 1. The number of anilines is 1. The Hall–Kier alpha value is -1.92. The first kappa shape index (κ1) is 19.8. The number of nitrogens with zero attached hydrogens (tertiary/aromatic N) is 1. The molecule has 27 heavy (non-hydrogen) atoms. The molecule has 6 heteroatoms. The van der Waals surface area contributed by atoms with E-state index in [1.165, 1.54) is 0 Å². The number of hydrogen-bond acceptors (Lipinski definition) is 4. The van der Waals surface area contributed by atoms with Crippen molar-refractivity contribution >= 4 is 23.2 Å². The van der Waals surface area contributed by atoms with Crippen molar-refractivity contribution in [3.63, 3.8) is 0 Å². The van der Waals surface area contributed by atoms with E-state index >= 15 is 0 Å². The second-order valence-corrected chi connectivity index (χ2v) is 7.23. The average Bonchev–Trinajstić information content (AvgIpc) is 2.69. The summed E-state index contributed by atoms with van der Waals surface area (Å²) in [5.41, 5.74) is 2.51. The minimum Gasteiger partial charge on any atom is -0.379 e. The van der Waals surface area contributed by atoms with Crippen LogP contribution in [0.1, 0.15) is 22.8 Å². The molecule has 0 spiro atoms. The van der Waals surface area contributed by atoms with Gasteiger partial charge in [0.25, 0.3) is 5.91 Å². The minimum absolute atomic E-state index is 0.141. The van der Waals surface area contributed by atoms with E-state index in [1.54, 1.807) is 24.3 Å². The van der Waals surface area contributed by atoms with Crippen LogP contribution < -0.4 is 10.6 Å². The second kappa shape index (κ2) is 9.85. The molecule has 1 saturated heterocycles. The van der Waals surface area contributed by atoms with E-state index in [2.05, 4.69) is 28.5 Å². The van der Waals surface area contributed by atoms with Crippen LogP contribution in [0.3, 0.4) is 0 Å². The largest absolute Gasteiger partial charge is 0.379 e. The van der Waals surface area contributed by atoms with Gasteiger partial charge < -0.3 is 15.4 Å². The van der Waals surface area contributed by atoms with Gasteiger partial charge >= 0.3 is 0 Å². The number of hydrogen-bond donors (Lipinski definition) is 2. The number of carbonyl (C=O) groups is 1. The first-order valence-electron chi connectivity index (χ1n) is 9.30. The highest BCUT2D eigenvalue weighted by molar-refractivity contribution is 6.30. The van der Waals surface area contributed by atoms with Crippen molar-refractivity contribution in [2.45, 2.75) is 19.5 Å². The zero-order valence-corrected chi connectivity index (χ0v) is 16.3. The van der Waals surface area contributed by atoms with E-state index in [9.17, 15) is 4.79 Å². The molecule has 0 aliphatic carbocycles. The highest BCUT2D eigenvalue weighted by Crippen LogP contribution is 2.14. The van der Waals surface area contributed by atoms with E-state index in [0.29, 0.717) is 16.6 Å². The second-order valence-electron chi connectivity index (χ2n) is 6.79. The number of carbonyl (C=O) groups excluding carboxylic acids is 1. The molecule has 0 aromatic heterocycles. The van der Waals surface area contributed by atoms with Gasteiger partial charge in [-0.25, -0.2) is 0 Å². The molecular formula is C21H26ClN3O2. The molecular weight excluding hydrogens is 362 g/mol. The van der Waals surface area contributed by atoms with Crippen LogP contribution in [-0.2, 0) is 11.3 Å². The monoisotopic (exact) mass is 387 g/mol. The summed E-state index contributed by atoms with van der Waals surface area (Å²) in [6.45, 7) is 7.55. The zero-order valence-electron chi connectivity index (χ0n) is 15.6. The lowest BCUT2D eigenvalue weighted by Crippen LogP contribution is -2.46. The van der Waals surface area contributed by atoms with Gasteiger partial charge in [-0.1, -0.05) is 23.7 Å². The molecule has 1 amide bonds. The molecule has 144 valence electrons. The smallest absolute Gasteiger partial charge is 0.255 e. The number of rotatable bonds is 7. The van der Waals surface area contributed by atoms with Gasteiger partial charge in [-0.2, -0.15) is 0 Å². The fraction of sp³-hybridized carbons (Fsp3) is 0.381. The molecule has 5 nitrogen and oxygen atoms in total. The minimum atomic E-state index is -0.141. The predicted octanol–water partition coefficient (Wildman–Crippen LogP) is 3.40. The van der Waals surface area contributed by atoms with Gasteiger partial charge in [-0.05, 0) is 48.9 Å². The maximum absolute atomic E-state index is 12.3. The van der Waals surface area contributed by atoms with E-state index < -0.39 is 0 Å². The maximum Gasteiger partial charge on any atom is 0.255 e. The van der Waals surface area contributed by atoms with Crippen molar-refractivity contribution < 1.29 is 9.53 Å². The first-order chi connectivity index (χ1) is 13.1. The maximum atomic E-state index is 12.3. The molecule has 1 fully saturated rings. The van der Waals surface area contributed by atoms with Crippen LogP contribution >= 0.6 is 11.6 Å². The summed E-state index contributed by atoms with van der Waals surface area (Å²) >= 11 is 5.87. The lowest BCUT2D eigenvalue weighted by molar-refractivity contribution is 0.0203. The van der Waals surface area contributed by atoms with Gasteiger partial charge in [0.2, 0.25) is 0 Å². The van der Waals surface area contributed by atoms with Crippen LogP contribution in [0.2, 0.25) is 5.02 Å². The fourth-order valence-electron chi connectivity index (χ4n) is 3.14. The molecule has 0 radical (unpaired) electrons. The van der Waals surface area contributed by atoms with Gasteiger partial charge in [0.15, 0.2) is 0 Å². The Morgan fingerprint density at radius 3 is 2.67 bits per heavy atom. The zero-order chi connectivity index (χ0) is 19.1.